The molecule has 0 aromatic rings. The van der Waals surface area contributed by atoms with E-state index in [-0.39, 0.29) is 0 Å². The molecule has 0 aromatic heterocycles. The summed E-state index contributed by atoms with van der Waals surface area (Å²) in [6, 6.07) is 0. The van der Waals surface area contributed by atoms with E-state index in [2.05, 4.69) is 18.8 Å². The van der Waals surface area contributed by atoms with Crippen LogP contribution >= 0.6 is 0 Å². The molecule has 2 aliphatic rings. The Morgan fingerprint density at radius 1 is 1.12 bits per heavy atom. The van der Waals surface area contributed by atoms with Crippen molar-refractivity contribution < 1.29 is 0 Å². The Kier molecular flexibility index (Phi) is 0.713. The normalized spacial score (nSPS) is 48.9. The molecule has 0 spiro atoms. The van der Waals surface area contributed by atoms with Crippen LogP contribution in [0.1, 0.15) is 19.8 Å². The smallest absolute Gasteiger partial charge is 0.0343 e. The van der Waals surface area contributed by atoms with Crippen molar-refractivity contribution in [1.82, 2.24) is 0 Å². The number of fused-ring (bicyclic) bond motifs is 1. The Morgan fingerprint density at radius 3 is 1.88 bits per heavy atom. The van der Waals surface area contributed by atoms with Gasteiger partial charge in [-0.3, -0.25) is 0 Å². The molecule has 0 amide bonds. The van der Waals surface area contributed by atoms with E-state index in [9.17, 15) is 0 Å². The number of rotatable bonds is 0. The Balaban J connectivity index is 2.13. The summed E-state index contributed by atoms with van der Waals surface area (Å²) in [5.41, 5.74) is 0. The third kappa shape index (κ3) is 0.422. The van der Waals surface area contributed by atoms with Crippen molar-refractivity contribution in [2.45, 2.75) is 19.8 Å². The quantitative estimate of drug-likeness (QED) is 0.412. The lowest BCUT2D eigenvalue weighted by Gasteiger charge is -2.13. The highest BCUT2D eigenvalue weighted by atomic mass is 14.4. The molecule has 2 atom stereocenters. The van der Waals surface area contributed by atoms with Crippen LogP contribution in [0.3, 0.4) is 0 Å². The molecule has 0 bridgehead atoms. The first-order valence-corrected chi connectivity index (χ1v) is 3.37. The Hall–Kier alpha value is -0.440. The van der Waals surface area contributed by atoms with Crippen LogP contribution in [0.5, 0.6) is 0 Å². The molecule has 0 nitrogen and oxygen atoms in total. The van der Waals surface area contributed by atoms with Gasteiger partial charge in [-0.15, -0.1) is 0 Å². The van der Waals surface area contributed by atoms with E-state index in [4.69, 9.17) is 0 Å². The van der Waals surface area contributed by atoms with E-state index in [0.29, 0.717) is 0 Å². The SMILES string of the molecule is CC1CC2C#CC2C1. The zero-order chi connectivity index (χ0) is 5.56. The van der Waals surface area contributed by atoms with Gasteiger partial charge in [0.05, 0.1) is 0 Å². The maximum absolute atomic E-state index is 3.19. The van der Waals surface area contributed by atoms with Crippen molar-refractivity contribution in [2.75, 3.05) is 0 Å². The summed E-state index contributed by atoms with van der Waals surface area (Å²) in [4.78, 5) is 0. The minimum absolute atomic E-state index is 0.810. The maximum Gasteiger partial charge on any atom is 0.0343 e. The van der Waals surface area contributed by atoms with Crippen LogP contribution in [0.25, 0.3) is 0 Å². The first kappa shape index (κ1) is 4.44. The second-order valence-electron chi connectivity index (χ2n) is 3.08. The van der Waals surface area contributed by atoms with Crippen LogP contribution in [0, 0.1) is 29.6 Å². The van der Waals surface area contributed by atoms with Gasteiger partial charge >= 0.3 is 0 Å². The average Bonchev–Trinajstić information content (AvgIpc) is 1.91. The van der Waals surface area contributed by atoms with Crippen LogP contribution in [0.15, 0.2) is 0 Å². The molecule has 2 rings (SSSR count). The molecular weight excluding hydrogens is 96.1 g/mol. The average molecular weight is 106 g/mol. The van der Waals surface area contributed by atoms with Gasteiger partial charge in [0.15, 0.2) is 0 Å². The fourth-order valence-corrected chi connectivity index (χ4v) is 1.73. The van der Waals surface area contributed by atoms with E-state index in [1.165, 1.54) is 12.8 Å². The molecule has 8 heavy (non-hydrogen) atoms. The second-order valence-corrected chi connectivity index (χ2v) is 3.08. The van der Waals surface area contributed by atoms with E-state index in [1.54, 1.807) is 0 Å². The molecule has 0 N–H and O–H groups in total. The summed E-state index contributed by atoms with van der Waals surface area (Å²) in [5, 5.41) is 0. The Morgan fingerprint density at radius 2 is 1.62 bits per heavy atom. The van der Waals surface area contributed by atoms with Crippen LogP contribution in [-0.4, -0.2) is 0 Å². The van der Waals surface area contributed by atoms with Gasteiger partial charge in [0.25, 0.3) is 0 Å². The van der Waals surface area contributed by atoms with Gasteiger partial charge < -0.3 is 0 Å². The van der Waals surface area contributed by atoms with Crippen LogP contribution in [0.2, 0.25) is 0 Å². The van der Waals surface area contributed by atoms with Gasteiger partial charge in [0.2, 0.25) is 0 Å². The molecule has 42 valence electrons. The monoisotopic (exact) mass is 106 g/mol. The van der Waals surface area contributed by atoms with Crippen molar-refractivity contribution in [3.05, 3.63) is 0 Å². The molecule has 2 unspecified atom stereocenters. The van der Waals surface area contributed by atoms with E-state index in [0.717, 1.165) is 17.8 Å². The molecular formula is C8H10. The highest BCUT2D eigenvalue weighted by Gasteiger charge is 2.33. The predicted octanol–water partition coefficient (Wildman–Crippen LogP) is 1.67. The Labute approximate surface area is 50.3 Å². The molecule has 1 fully saturated rings. The van der Waals surface area contributed by atoms with Crippen molar-refractivity contribution in [3.63, 3.8) is 0 Å². The second kappa shape index (κ2) is 1.29. The van der Waals surface area contributed by atoms with Gasteiger partial charge in [-0.2, -0.15) is 0 Å². The van der Waals surface area contributed by atoms with Crippen LogP contribution in [-0.2, 0) is 0 Å². The van der Waals surface area contributed by atoms with Crippen molar-refractivity contribution in [1.29, 1.82) is 0 Å². The van der Waals surface area contributed by atoms with Gasteiger partial charge in [0, 0.05) is 11.8 Å². The lowest BCUT2D eigenvalue weighted by Crippen LogP contribution is -2.10. The predicted molar refractivity (Wildman–Crippen MR) is 33.2 cm³/mol. The molecule has 1 saturated carbocycles. The molecule has 0 aromatic carbocycles. The van der Waals surface area contributed by atoms with E-state index in [1.807, 2.05) is 0 Å². The topological polar surface area (TPSA) is 0 Å². The largest absolute Gasteiger partial charge is 0.0983 e. The fourth-order valence-electron chi connectivity index (χ4n) is 1.73. The summed E-state index contributed by atoms with van der Waals surface area (Å²) < 4.78 is 0. The number of hydrogen-bond acceptors (Lipinski definition) is 0. The Bertz CT molecular complexity index is 143. The first-order valence-electron chi connectivity index (χ1n) is 3.37. The van der Waals surface area contributed by atoms with Crippen molar-refractivity contribution >= 4 is 0 Å². The first-order chi connectivity index (χ1) is 3.86. The maximum atomic E-state index is 3.19. The van der Waals surface area contributed by atoms with E-state index >= 15 is 0 Å². The molecule has 0 radical (unpaired) electrons. The summed E-state index contributed by atoms with van der Waals surface area (Å²) in [7, 11) is 0. The zero-order valence-corrected chi connectivity index (χ0v) is 5.15. The fraction of sp³-hybridized carbons (Fsp3) is 0.750. The zero-order valence-electron chi connectivity index (χ0n) is 5.15. The summed E-state index contributed by atoms with van der Waals surface area (Å²) in [6.45, 7) is 2.32. The lowest BCUT2D eigenvalue weighted by molar-refractivity contribution is 0.557. The van der Waals surface area contributed by atoms with Crippen molar-refractivity contribution in [3.8, 4) is 11.8 Å². The highest BCUT2D eigenvalue weighted by molar-refractivity contribution is 5.24. The third-order valence-electron chi connectivity index (χ3n) is 2.25. The highest BCUT2D eigenvalue weighted by Crippen LogP contribution is 2.39. The number of hydrogen-bond donors (Lipinski definition) is 0. The molecule has 2 aliphatic carbocycles. The molecule has 0 saturated heterocycles. The molecule has 0 heterocycles. The van der Waals surface area contributed by atoms with Crippen LogP contribution in [0.4, 0.5) is 0 Å². The molecule has 0 aliphatic heterocycles. The summed E-state index contributed by atoms with van der Waals surface area (Å²) >= 11 is 0. The van der Waals surface area contributed by atoms with Crippen molar-refractivity contribution in [2.24, 2.45) is 17.8 Å². The van der Waals surface area contributed by atoms with Gasteiger partial charge in [-0.1, -0.05) is 18.8 Å². The minimum Gasteiger partial charge on any atom is -0.0983 e. The third-order valence-corrected chi connectivity index (χ3v) is 2.25. The summed E-state index contributed by atoms with van der Waals surface area (Å²) in [5.74, 6) is 8.93. The molecule has 0 heteroatoms. The minimum atomic E-state index is 0.810. The van der Waals surface area contributed by atoms with Gasteiger partial charge in [-0.25, -0.2) is 0 Å². The van der Waals surface area contributed by atoms with Crippen LogP contribution < -0.4 is 0 Å². The summed E-state index contributed by atoms with van der Waals surface area (Å²) in [6.07, 6.45) is 2.75. The van der Waals surface area contributed by atoms with Gasteiger partial charge in [0.1, 0.15) is 0 Å². The lowest BCUT2D eigenvalue weighted by atomic mass is 9.89. The standard InChI is InChI=1S/C8H10/c1-6-4-7-2-3-8(7)5-6/h6-8H,4-5H2,1H3. The van der Waals surface area contributed by atoms with Gasteiger partial charge in [-0.05, 0) is 18.8 Å². The van der Waals surface area contributed by atoms with E-state index < -0.39 is 0 Å².